The van der Waals surface area contributed by atoms with Crippen LogP contribution in [0.2, 0.25) is 5.02 Å². The summed E-state index contributed by atoms with van der Waals surface area (Å²) < 4.78 is 5.27. The molecule has 7 heteroatoms. The van der Waals surface area contributed by atoms with Gasteiger partial charge in [-0.1, -0.05) is 11.6 Å². The standard InChI is InChI=1S/C16H17ClN4O2/c1-11-10-14(15(22)21-6-8-23-9-7-21)20-16(18-11)19-13-4-2-12(17)3-5-13/h2-5,10H,6-9H2,1H3,(H,18,19,20). The van der Waals surface area contributed by atoms with E-state index in [-0.39, 0.29) is 5.91 Å². The number of carbonyl (C=O) groups is 1. The van der Waals surface area contributed by atoms with Gasteiger partial charge in [0.25, 0.3) is 5.91 Å². The molecule has 6 nitrogen and oxygen atoms in total. The summed E-state index contributed by atoms with van der Waals surface area (Å²) in [5, 5.41) is 3.75. The third kappa shape index (κ3) is 3.97. The van der Waals surface area contributed by atoms with Crippen molar-refractivity contribution in [3.63, 3.8) is 0 Å². The molecule has 1 aromatic carbocycles. The fourth-order valence-electron chi connectivity index (χ4n) is 2.32. The van der Waals surface area contributed by atoms with Crippen molar-refractivity contribution in [1.82, 2.24) is 14.9 Å². The summed E-state index contributed by atoms with van der Waals surface area (Å²) in [6, 6.07) is 8.92. The molecule has 0 saturated carbocycles. The predicted molar refractivity (Wildman–Crippen MR) is 88.2 cm³/mol. The Bertz CT molecular complexity index is 700. The minimum atomic E-state index is -0.0991. The molecular weight excluding hydrogens is 316 g/mol. The Morgan fingerprint density at radius 1 is 1.22 bits per heavy atom. The molecule has 1 aliphatic rings. The first kappa shape index (κ1) is 15.7. The maximum Gasteiger partial charge on any atom is 0.272 e. The molecule has 0 aliphatic carbocycles. The van der Waals surface area contributed by atoms with E-state index >= 15 is 0 Å². The number of hydrogen-bond acceptors (Lipinski definition) is 5. The Morgan fingerprint density at radius 2 is 1.91 bits per heavy atom. The Morgan fingerprint density at radius 3 is 2.61 bits per heavy atom. The molecule has 1 saturated heterocycles. The van der Waals surface area contributed by atoms with E-state index in [0.29, 0.717) is 43.0 Å². The largest absolute Gasteiger partial charge is 0.378 e. The first-order chi connectivity index (χ1) is 11.1. The number of ether oxygens (including phenoxy) is 1. The minimum Gasteiger partial charge on any atom is -0.378 e. The fourth-order valence-corrected chi connectivity index (χ4v) is 2.45. The Balaban J connectivity index is 1.80. The van der Waals surface area contributed by atoms with E-state index in [4.69, 9.17) is 16.3 Å². The lowest BCUT2D eigenvalue weighted by molar-refractivity contribution is 0.0299. The van der Waals surface area contributed by atoms with Crippen LogP contribution in [0.1, 0.15) is 16.2 Å². The Kier molecular flexibility index (Phi) is 4.73. The van der Waals surface area contributed by atoms with Gasteiger partial charge in [-0.05, 0) is 37.3 Å². The highest BCUT2D eigenvalue weighted by molar-refractivity contribution is 6.30. The van der Waals surface area contributed by atoms with Gasteiger partial charge in [0.05, 0.1) is 13.2 Å². The number of amides is 1. The monoisotopic (exact) mass is 332 g/mol. The smallest absolute Gasteiger partial charge is 0.272 e. The van der Waals surface area contributed by atoms with Crippen molar-refractivity contribution in [2.45, 2.75) is 6.92 Å². The Labute approximate surface area is 139 Å². The molecule has 23 heavy (non-hydrogen) atoms. The summed E-state index contributed by atoms with van der Waals surface area (Å²) in [6.07, 6.45) is 0. The summed E-state index contributed by atoms with van der Waals surface area (Å²) in [5.74, 6) is 0.293. The number of benzene rings is 1. The molecule has 1 aromatic heterocycles. The lowest BCUT2D eigenvalue weighted by atomic mass is 10.3. The van der Waals surface area contributed by atoms with Gasteiger partial charge >= 0.3 is 0 Å². The summed E-state index contributed by atoms with van der Waals surface area (Å²) in [5.41, 5.74) is 1.92. The van der Waals surface area contributed by atoms with Crippen LogP contribution in [0.3, 0.4) is 0 Å². The third-order valence-corrected chi connectivity index (χ3v) is 3.72. The quantitative estimate of drug-likeness (QED) is 0.936. The average molecular weight is 333 g/mol. The van der Waals surface area contributed by atoms with Gasteiger partial charge < -0.3 is 15.0 Å². The van der Waals surface area contributed by atoms with E-state index in [1.165, 1.54) is 0 Å². The number of halogens is 1. The lowest BCUT2D eigenvalue weighted by Crippen LogP contribution is -2.41. The molecule has 2 heterocycles. The number of morpholine rings is 1. The number of aryl methyl sites for hydroxylation is 1. The second-order valence-corrected chi connectivity index (χ2v) is 5.69. The van der Waals surface area contributed by atoms with E-state index < -0.39 is 0 Å². The second-order valence-electron chi connectivity index (χ2n) is 5.25. The van der Waals surface area contributed by atoms with Crippen molar-refractivity contribution < 1.29 is 9.53 Å². The molecular formula is C16H17ClN4O2. The van der Waals surface area contributed by atoms with Crippen LogP contribution in [0, 0.1) is 6.92 Å². The predicted octanol–water partition coefficient (Wildman–Crippen LogP) is 2.65. The zero-order valence-electron chi connectivity index (χ0n) is 12.8. The maximum atomic E-state index is 12.5. The number of anilines is 2. The van der Waals surface area contributed by atoms with Crippen molar-refractivity contribution in [2.24, 2.45) is 0 Å². The normalized spacial score (nSPS) is 14.6. The van der Waals surface area contributed by atoms with E-state index in [9.17, 15) is 4.79 Å². The zero-order valence-corrected chi connectivity index (χ0v) is 13.5. The van der Waals surface area contributed by atoms with Crippen LogP contribution >= 0.6 is 11.6 Å². The first-order valence-electron chi connectivity index (χ1n) is 7.37. The van der Waals surface area contributed by atoms with Crippen LogP contribution in [0.5, 0.6) is 0 Å². The van der Waals surface area contributed by atoms with Crippen molar-refractivity contribution >= 4 is 29.1 Å². The number of aromatic nitrogens is 2. The molecule has 0 unspecified atom stereocenters. The van der Waals surface area contributed by atoms with Crippen LogP contribution < -0.4 is 5.32 Å². The summed E-state index contributed by atoms with van der Waals surface area (Å²) in [4.78, 5) is 23.0. The molecule has 2 aromatic rings. The van der Waals surface area contributed by atoms with Gasteiger partial charge in [-0.25, -0.2) is 9.97 Å². The lowest BCUT2D eigenvalue weighted by Gasteiger charge is -2.26. The van der Waals surface area contributed by atoms with Gasteiger partial charge in [0.1, 0.15) is 5.69 Å². The summed E-state index contributed by atoms with van der Waals surface area (Å²) in [6.45, 7) is 4.13. The summed E-state index contributed by atoms with van der Waals surface area (Å²) >= 11 is 5.87. The second kappa shape index (κ2) is 6.93. The number of nitrogens with zero attached hydrogens (tertiary/aromatic N) is 3. The molecule has 0 bridgehead atoms. The van der Waals surface area contributed by atoms with Crippen molar-refractivity contribution in [3.05, 3.63) is 46.7 Å². The van der Waals surface area contributed by atoms with E-state index in [1.807, 2.05) is 19.1 Å². The number of hydrogen-bond donors (Lipinski definition) is 1. The van der Waals surface area contributed by atoms with Gasteiger partial charge in [-0.15, -0.1) is 0 Å². The van der Waals surface area contributed by atoms with Gasteiger partial charge in [0, 0.05) is 29.5 Å². The van der Waals surface area contributed by atoms with Crippen molar-refractivity contribution in [1.29, 1.82) is 0 Å². The molecule has 0 radical (unpaired) electrons. The molecule has 1 amide bonds. The Hall–Kier alpha value is -2.18. The van der Waals surface area contributed by atoms with Gasteiger partial charge in [-0.3, -0.25) is 4.79 Å². The van der Waals surface area contributed by atoms with Crippen LogP contribution in [0.25, 0.3) is 0 Å². The van der Waals surface area contributed by atoms with Gasteiger partial charge in [0.15, 0.2) is 0 Å². The molecule has 1 aliphatic heterocycles. The highest BCUT2D eigenvalue weighted by atomic mass is 35.5. The molecule has 3 rings (SSSR count). The van der Waals surface area contributed by atoms with Crippen LogP contribution in [0.4, 0.5) is 11.6 Å². The third-order valence-electron chi connectivity index (χ3n) is 3.47. The first-order valence-corrected chi connectivity index (χ1v) is 7.75. The van der Waals surface area contributed by atoms with E-state index in [1.54, 1.807) is 23.1 Å². The molecule has 120 valence electrons. The zero-order chi connectivity index (χ0) is 16.2. The topological polar surface area (TPSA) is 67.4 Å². The SMILES string of the molecule is Cc1cc(C(=O)N2CCOCC2)nc(Nc2ccc(Cl)cc2)n1. The minimum absolute atomic E-state index is 0.0991. The highest BCUT2D eigenvalue weighted by Gasteiger charge is 2.20. The van der Waals surface area contributed by atoms with E-state index in [2.05, 4.69) is 15.3 Å². The molecule has 1 fully saturated rings. The summed E-state index contributed by atoms with van der Waals surface area (Å²) in [7, 11) is 0. The molecule has 0 atom stereocenters. The number of rotatable bonds is 3. The molecule has 1 N–H and O–H groups in total. The van der Waals surface area contributed by atoms with Gasteiger partial charge in [-0.2, -0.15) is 0 Å². The molecule has 0 spiro atoms. The number of carbonyl (C=O) groups excluding carboxylic acids is 1. The number of nitrogens with one attached hydrogen (secondary N) is 1. The van der Waals surface area contributed by atoms with Gasteiger partial charge in [0.2, 0.25) is 5.95 Å². The average Bonchev–Trinajstić information content (AvgIpc) is 2.56. The van der Waals surface area contributed by atoms with Crippen LogP contribution in [0.15, 0.2) is 30.3 Å². The van der Waals surface area contributed by atoms with Crippen LogP contribution in [-0.4, -0.2) is 47.1 Å². The fraction of sp³-hybridized carbons (Fsp3) is 0.312. The van der Waals surface area contributed by atoms with Crippen LogP contribution in [-0.2, 0) is 4.74 Å². The maximum absolute atomic E-state index is 12.5. The van der Waals surface area contributed by atoms with Crippen molar-refractivity contribution in [2.75, 3.05) is 31.6 Å². The van der Waals surface area contributed by atoms with E-state index in [0.717, 1.165) is 11.4 Å². The van der Waals surface area contributed by atoms with Crippen molar-refractivity contribution in [3.8, 4) is 0 Å². The highest BCUT2D eigenvalue weighted by Crippen LogP contribution is 2.17.